The van der Waals surface area contributed by atoms with Gasteiger partial charge in [-0.2, -0.15) is 5.26 Å². The van der Waals surface area contributed by atoms with Crippen LogP contribution in [0, 0.1) is 21.4 Å². The fourth-order valence-electron chi connectivity index (χ4n) is 2.74. The van der Waals surface area contributed by atoms with E-state index in [0.717, 1.165) is 11.0 Å². The molecule has 160 valence electrons. The van der Waals surface area contributed by atoms with Crippen LogP contribution in [0.4, 0.5) is 10.7 Å². The third kappa shape index (κ3) is 4.49. The van der Waals surface area contributed by atoms with Crippen molar-refractivity contribution in [1.29, 1.82) is 5.26 Å². The van der Waals surface area contributed by atoms with Crippen molar-refractivity contribution in [2.45, 2.75) is 19.8 Å². The van der Waals surface area contributed by atoms with Gasteiger partial charge in [-0.25, -0.2) is 4.79 Å². The minimum atomic E-state index is -0.822. The third-order valence-corrected chi connectivity index (χ3v) is 5.69. The van der Waals surface area contributed by atoms with Gasteiger partial charge in [0.1, 0.15) is 16.6 Å². The quantitative estimate of drug-likeness (QED) is 0.233. The number of nitrogens with zero attached hydrogens (tertiary/aromatic N) is 2. The number of rotatable bonds is 6. The van der Waals surface area contributed by atoms with Gasteiger partial charge >= 0.3 is 5.97 Å². The molecule has 1 aromatic heterocycles. The lowest BCUT2D eigenvalue weighted by molar-refractivity contribution is -0.385. The first-order chi connectivity index (χ1) is 14.7. The molecule has 0 spiro atoms. The summed E-state index contributed by atoms with van der Waals surface area (Å²) in [7, 11) is 1.22. The lowest BCUT2D eigenvalue weighted by Crippen LogP contribution is -2.15. The van der Waals surface area contributed by atoms with Crippen LogP contribution in [0.5, 0.6) is 11.5 Å². The molecule has 1 amide bonds. The molecular weight excluding hydrogens is 426 g/mol. The lowest BCUT2D eigenvalue weighted by Gasteiger charge is -2.05. The Bertz CT molecular complexity index is 1140. The second-order valence-electron chi connectivity index (χ2n) is 6.68. The molecule has 0 fully saturated rings. The first-order valence-corrected chi connectivity index (χ1v) is 9.80. The molecule has 0 bridgehead atoms. The summed E-state index contributed by atoms with van der Waals surface area (Å²) in [6, 6.07) is 5.86. The van der Waals surface area contributed by atoms with E-state index >= 15 is 0 Å². The number of methoxy groups -OCH3 is 1. The predicted octanol–water partition coefficient (Wildman–Crippen LogP) is 3.84. The maximum Gasteiger partial charge on any atom is 0.340 e. The molecule has 0 unspecified atom stereocenters. The summed E-state index contributed by atoms with van der Waals surface area (Å²) < 4.78 is 15.1. The van der Waals surface area contributed by atoms with Crippen molar-refractivity contribution in [3.8, 4) is 17.6 Å². The van der Waals surface area contributed by atoms with Crippen LogP contribution in [-0.4, -0.2) is 30.7 Å². The number of carbonyl (C=O) groups excluding carboxylic acids is 2. The van der Waals surface area contributed by atoms with Gasteiger partial charge in [0.2, 0.25) is 6.79 Å². The highest BCUT2D eigenvalue weighted by Gasteiger charge is 2.25. The van der Waals surface area contributed by atoms with E-state index in [2.05, 4.69) is 5.32 Å². The number of ether oxygens (including phenoxy) is 3. The van der Waals surface area contributed by atoms with Crippen molar-refractivity contribution in [3.05, 3.63) is 49.9 Å². The molecule has 3 rings (SSSR count). The molecule has 1 aliphatic heterocycles. The highest BCUT2D eigenvalue weighted by Crippen LogP contribution is 2.39. The molecule has 31 heavy (non-hydrogen) atoms. The van der Waals surface area contributed by atoms with E-state index in [1.807, 2.05) is 13.8 Å². The number of nitro groups is 1. The van der Waals surface area contributed by atoms with E-state index in [9.17, 15) is 25.0 Å². The molecule has 1 aromatic carbocycles. The molecule has 0 saturated heterocycles. The summed E-state index contributed by atoms with van der Waals surface area (Å²) in [4.78, 5) is 36.4. The van der Waals surface area contributed by atoms with Gasteiger partial charge in [0, 0.05) is 4.88 Å². The minimum Gasteiger partial charge on any atom is -0.465 e. The van der Waals surface area contributed by atoms with Gasteiger partial charge in [-0.1, -0.05) is 13.8 Å². The van der Waals surface area contributed by atoms with E-state index < -0.39 is 22.4 Å². The zero-order valence-electron chi connectivity index (χ0n) is 16.8. The van der Waals surface area contributed by atoms with Crippen molar-refractivity contribution in [2.24, 2.45) is 0 Å². The van der Waals surface area contributed by atoms with Crippen LogP contribution in [0.2, 0.25) is 0 Å². The number of hydrogen-bond donors (Lipinski definition) is 1. The highest BCUT2D eigenvalue weighted by atomic mass is 32.1. The maximum absolute atomic E-state index is 12.7. The maximum atomic E-state index is 12.7. The molecule has 0 saturated carbocycles. The molecule has 0 aliphatic carbocycles. The number of hydrogen-bond acceptors (Lipinski definition) is 9. The molecule has 0 radical (unpaired) electrons. The average molecular weight is 443 g/mol. The molecule has 10 nitrogen and oxygen atoms in total. The Labute approximate surface area is 180 Å². The van der Waals surface area contributed by atoms with Crippen LogP contribution in [0.1, 0.15) is 40.6 Å². The van der Waals surface area contributed by atoms with Gasteiger partial charge < -0.3 is 19.5 Å². The number of amides is 1. The van der Waals surface area contributed by atoms with Crippen LogP contribution in [0.15, 0.2) is 23.8 Å². The number of nitriles is 1. The zero-order valence-corrected chi connectivity index (χ0v) is 17.6. The summed E-state index contributed by atoms with van der Waals surface area (Å²) in [5.74, 6) is -0.887. The van der Waals surface area contributed by atoms with E-state index in [1.165, 1.54) is 30.6 Å². The SMILES string of the molecule is COC(=O)c1cc(C(C)C)sc1NC(=O)/C(C#N)=C/c1cc2c(cc1[N+](=O)[O-])OCO2. The Morgan fingerprint density at radius 1 is 1.32 bits per heavy atom. The van der Waals surface area contributed by atoms with Crippen molar-refractivity contribution in [3.63, 3.8) is 0 Å². The lowest BCUT2D eigenvalue weighted by atomic mass is 10.1. The third-order valence-electron chi connectivity index (χ3n) is 4.34. The first-order valence-electron chi connectivity index (χ1n) is 8.98. The van der Waals surface area contributed by atoms with E-state index in [-0.39, 0.29) is 46.0 Å². The van der Waals surface area contributed by atoms with Gasteiger partial charge in [0.25, 0.3) is 11.6 Å². The van der Waals surface area contributed by atoms with Gasteiger partial charge in [0.15, 0.2) is 11.5 Å². The molecule has 2 aromatic rings. The second kappa shape index (κ2) is 8.85. The van der Waals surface area contributed by atoms with Crippen molar-refractivity contribution < 1.29 is 28.7 Å². The molecule has 0 atom stereocenters. The van der Waals surface area contributed by atoms with Crippen LogP contribution in [0.3, 0.4) is 0 Å². The predicted molar refractivity (Wildman–Crippen MR) is 111 cm³/mol. The van der Waals surface area contributed by atoms with Gasteiger partial charge in [0.05, 0.1) is 29.2 Å². The highest BCUT2D eigenvalue weighted by molar-refractivity contribution is 7.16. The monoisotopic (exact) mass is 443 g/mol. The van der Waals surface area contributed by atoms with Crippen LogP contribution < -0.4 is 14.8 Å². The summed E-state index contributed by atoms with van der Waals surface area (Å²) in [6.45, 7) is 3.77. The number of esters is 1. The standard InChI is InChI=1S/C20H17N3O7S/c1-10(2)17-6-13(20(25)28-3)19(31-17)22-18(24)12(8-21)4-11-5-15-16(30-9-29-15)7-14(11)23(26)27/h4-7,10H,9H2,1-3H3,(H,22,24)/b12-4+. The smallest absolute Gasteiger partial charge is 0.340 e. The van der Waals surface area contributed by atoms with Crippen molar-refractivity contribution >= 4 is 40.0 Å². The van der Waals surface area contributed by atoms with Gasteiger partial charge in [-0.15, -0.1) is 11.3 Å². The number of nitrogens with one attached hydrogen (secondary N) is 1. The fraction of sp³-hybridized carbons (Fsp3) is 0.250. The Hall–Kier alpha value is -3.91. The van der Waals surface area contributed by atoms with Crippen LogP contribution >= 0.6 is 11.3 Å². The second-order valence-corrected chi connectivity index (χ2v) is 7.77. The Balaban J connectivity index is 1.97. The first kappa shape index (κ1) is 21.8. The van der Waals surface area contributed by atoms with E-state index in [1.54, 1.807) is 12.1 Å². The Kier molecular flexibility index (Phi) is 6.22. The summed E-state index contributed by atoms with van der Waals surface area (Å²) >= 11 is 1.18. The number of thiophene rings is 1. The summed E-state index contributed by atoms with van der Waals surface area (Å²) in [5.41, 5.74) is -0.574. The fourth-order valence-corrected chi connectivity index (χ4v) is 3.79. The minimum absolute atomic E-state index is 0.00295. The Morgan fingerprint density at radius 3 is 2.58 bits per heavy atom. The topological polar surface area (TPSA) is 141 Å². The largest absolute Gasteiger partial charge is 0.465 e. The average Bonchev–Trinajstić information content (AvgIpc) is 3.37. The van der Waals surface area contributed by atoms with Crippen LogP contribution in [0.25, 0.3) is 6.08 Å². The zero-order chi connectivity index (χ0) is 22.7. The molecule has 11 heteroatoms. The molecule has 1 N–H and O–H groups in total. The van der Waals surface area contributed by atoms with E-state index in [0.29, 0.717) is 0 Å². The van der Waals surface area contributed by atoms with Crippen molar-refractivity contribution in [2.75, 3.05) is 19.2 Å². The molecular formula is C20H17N3O7S. The normalized spacial score (nSPS) is 12.4. The number of benzene rings is 1. The Morgan fingerprint density at radius 2 is 2.00 bits per heavy atom. The van der Waals surface area contributed by atoms with Crippen molar-refractivity contribution in [1.82, 2.24) is 0 Å². The molecule has 2 heterocycles. The number of carbonyl (C=O) groups is 2. The summed E-state index contributed by atoms with van der Waals surface area (Å²) in [6.07, 6.45) is 1.09. The molecule has 1 aliphatic rings. The number of nitro benzene ring substituents is 1. The number of fused-ring (bicyclic) bond motifs is 1. The van der Waals surface area contributed by atoms with Gasteiger partial charge in [-0.3, -0.25) is 14.9 Å². The van der Waals surface area contributed by atoms with Gasteiger partial charge in [-0.05, 0) is 24.1 Å². The number of anilines is 1. The van der Waals surface area contributed by atoms with Crippen LogP contribution in [-0.2, 0) is 9.53 Å². The van der Waals surface area contributed by atoms with E-state index in [4.69, 9.17) is 14.2 Å². The summed E-state index contributed by atoms with van der Waals surface area (Å²) in [5, 5.41) is 23.7.